The third-order valence-corrected chi connectivity index (χ3v) is 3.21. The van der Waals surface area contributed by atoms with Crippen LogP contribution in [0.5, 0.6) is 0 Å². The Kier molecular flexibility index (Phi) is 3.37. The maximum Gasteiger partial charge on any atom is 0.308 e. The fourth-order valence-corrected chi connectivity index (χ4v) is 2.18. The van der Waals surface area contributed by atoms with Gasteiger partial charge in [0.05, 0.1) is 13.0 Å². The summed E-state index contributed by atoms with van der Waals surface area (Å²) < 4.78 is 4.67. The van der Waals surface area contributed by atoms with Gasteiger partial charge in [-0.3, -0.25) is 4.79 Å². The SMILES string of the molecule is COC(=O)[C@@H]1CC[C@H](CBr)C1. The highest BCUT2D eigenvalue weighted by atomic mass is 79.9. The van der Waals surface area contributed by atoms with Crippen molar-refractivity contribution < 1.29 is 9.53 Å². The van der Waals surface area contributed by atoms with Crippen LogP contribution in [0.1, 0.15) is 19.3 Å². The molecule has 0 aliphatic heterocycles. The fourth-order valence-electron chi connectivity index (χ4n) is 1.60. The van der Waals surface area contributed by atoms with Gasteiger partial charge in [0.1, 0.15) is 0 Å². The minimum atomic E-state index is -0.0338. The summed E-state index contributed by atoms with van der Waals surface area (Å²) in [5, 5.41) is 1.01. The van der Waals surface area contributed by atoms with E-state index in [1.54, 1.807) is 0 Å². The quantitative estimate of drug-likeness (QED) is 0.526. The van der Waals surface area contributed by atoms with Gasteiger partial charge in [-0.2, -0.15) is 0 Å². The van der Waals surface area contributed by atoms with Crippen molar-refractivity contribution in [1.82, 2.24) is 0 Å². The van der Waals surface area contributed by atoms with Gasteiger partial charge in [-0.25, -0.2) is 0 Å². The van der Waals surface area contributed by atoms with Crippen LogP contribution in [0.2, 0.25) is 0 Å². The molecule has 1 fully saturated rings. The maximum atomic E-state index is 11.0. The smallest absolute Gasteiger partial charge is 0.308 e. The topological polar surface area (TPSA) is 26.3 Å². The molecule has 3 heteroatoms. The van der Waals surface area contributed by atoms with E-state index >= 15 is 0 Å². The summed E-state index contributed by atoms with van der Waals surface area (Å²) in [5.74, 6) is 0.815. The van der Waals surface area contributed by atoms with E-state index in [1.807, 2.05) is 0 Å². The molecule has 2 nitrogen and oxygen atoms in total. The van der Waals surface area contributed by atoms with E-state index in [9.17, 15) is 4.79 Å². The summed E-state index contributed by atoms with van der Waals surface area (Å²) in [4.78, 5) is 11.0. The van der Waals surface area contributed by atoms with Crippen molar-refractivity contribution in [3.8, 4) is 0 Å². The number of carbonyl (C=O) groups excluding carboxylic acids is 1. The van der Waals surface area contributed by atoms with Crippen molar-refractivity contribution >= 4 is 21.9 Å². The Morgan fingerprint density at radius 1 is 1.64 bits per heavy atom. The lowest BCUT2D eigenvalue weighted by atomic mass is 10.1. The Labute approximate surface area is 75.4 Å². The van der Waals surface area contributed by atoms with Gasteiger partial charge in [-0.1, -0.05) is 15.9 Å². The molecule has 1 rings (SSSR count). The number of esters is 1. The molecule has 0 saturated heterocycles. The van der Waals surface area contributed by atoms with E-state index in [0.29, 0.717) is 5.92 Å². The van der Waals surface area contributed by atoms with Crippen molar-refractivity contribution in [3.63, 3.8) is 0 Å². The molecule has 64 valence electrons. The number of halogens is 1. The third kappa shape index (κ3) is 2.19. The van der Waals surface area contributed by atoms with Crippen LogP contribution < -0.4 is 0 Å². The summed E-state index contributed by atoms with van der Waals surface area (Å²) in [6.07, 6.45) is 3.16. The lowest BCUT2D eigenvalue weighted by Gasteiger charge is -2.06. The van der Waals surface area contributed by atoms with Gasteiger partial charge in [0, 0.05) is 5.33 Å². The normalized spacial score (nSPS) is 30.4. The van der Waals surface area contributed by atoms with E-state index in [4.69, 9.17) is 0 Å². The zero-order valence-corrected chi connectivity index (χ0v) is 8.26. The van der Waals surface area contributed by atoms with Gasteiger partial charge < -0.3 is 4.74 Å². The lowest BCUT2D eigenvalue weighted by Crippen LogP contribution is -2.12. The molecule has 0 heterocycles. The summed E-state index contributed by atoms with van der Waals surface area (Å²) in [7, 11) is 1.46. The van der Waals surface area contributed by atoms with Crippen LogP contribution in [0.3, 0.4) is 0 Å². The number of hydrogen-bond donors (Lipinski definition) is 0. The van der Waals surface area contributed by atoms with Crippen LogP contribution in [0, 0.1) is 11.8 Å². The second-order valence-corrected chi connectivity index (χ2v) is 3.70. The monoisotopic (exact) mass is 220 g/mol. The summed E-state index contributed by atoms with van der Waals surface area (Å²) in [6, 6.07) is 0. The number of carbonyl (C=O) groups is 1. The first-order valence-corrected chi connectivity index (χ1v) is 5.04. The molecule has 0 bridgehead atoms. The van der Waals surface area contributed by atoms with Crippen LogP contribution >= 0.6 is 15.9 Å². The predicted molar refractivity (Wildman–Crippen MR) is 46.6 cm³/mol. The van der Waals surface area contributed by atoms with Gasteiger partial charge >= 0.3 is 5.97 Å². The average Bonchev–Trinajstić information content (AvgIpc) is 2.50. The molecule has 0 N–H and O–H groups in total. The summed E-state index contributed by atoms with van der Waals surface area (Å²) >= 11 is 3.42. The number of hydrogen-bond acceptors (Lipinski definition) is 2. The highest BCUT2D eigenvalue weighted by Gasteiger charge is 2.29. The van der Waals surface area contributed by atoms with Crippen molar-refractivity contribution in [1.29, 1.82) is 0 Å². The van der Waals surface area contributed by atoms with Crippen LogP contribution in [0.25, 0.3) is 0 Å². The van der Waals surface area contributed by atoms with E-state index < -0.39 is 0 Å². The molecule has 11 heavy (non-hydrogen) atoms. The zero-order chi connectivity index (χ0) is 8.27. The van der Waals surface area contributed by atoms with Crippen molar-refractivity contribution in [2.45, 2.75) is 19.3 Å². The van der Waals surface area contributed by atoms with Gasteiger partial charge in [-0.05, 0) is 25.2 Å². The molecule has 0 aromatic rings. The minimum absolute atomic E-state index is 0.0338. The molecule has 0 aromatic carbocycles. The Bertz CT molecular complexity index is 147. The van der Waals surface area contributed by atoms with Crippen LogP contribution in [0.15, 0.2) is 0 Å². The molecule has 0 radical (unpaired) electrons. The first kappa shape index (κ1) is 9.04. The second-order valence-electron chi connectivity index (χ2n) is 3.05. The maximum absolute atomic E-state index is 11.0. The Balaban J connectivity index is 2.35. The second kappa shape index (κ2) is 4.10. The molecular weight excluding hydrogens is 208 g/mol. The Hall–Kier alpha value is -0.0500. The Morgan fingerprint density at radius 2 is 2.36 bits per heavy atom. The number of rotatable bonds is 2. The predicted octanol–water partition coefficient (Wildman–Crippen LogP) is 1.97. The van der Waals surface area contributed by atoms with Gasteiger partial charge in [-0.15, -0.1) is 0 Å². The highest BCUT2D eigenvalue weighted by Crippen LogP contribution is 2.32. The van der Waals surface area contributed by atoms with Crippen LogP contribution in [-0.2, 0) is 9.53 Å². The van der Waals surface area contributed by atoms with Crippen LogP contribution in [-0.4, -0.2) is 18.4 Å². The van der Waals surface area contributed by atoms with E-state index in [0.717, 1.165) is 24.6 Å². The standard InChI is InChI=1S/C8H13BrO2/c1-11-8(10)7-3-2-6(4-7)5-9/h6-7H,2-5H2,1H3/t6-,7+/m0/s1. The Morgan fingerprint density at radius 3 is 2.82 bits per heavy atom. The lowest BCUT2D eigenvalue weighted by molar-refractivity contribution is -0.145. The number of alkyl halides is 1. The molecule has 0 unspecified atom stereocenters. The molecule has 0 aromatic heterocycles. The van der Waals surface area contributed by atoms with Crippen LogP contribution in [0.4, 0.5) is 0 Å². The summed E-state index contributed by atoms with van der Waals surface area (Å²) in [6.45, 7) is 0. The van der Waals surface area contributed by atoms with Gasteiger partial charge in [0.25, 0.3) is 0 Å². The van der Waals surface area contributed by atoms with Crippen molar-refractivity contribution in [2.75, 3.05) is 12.4 Å². The van der Waals surface area contributed by atoms with E-state index in [2.05, 4.69) is 20.7 Å². The average molecular weight is 221 g/mol. The molecule has 2 atom stereocenters. The molecule has 0 amide bonds. The first-order chi connectivity index (χ1) is 5.27. The molecule has 1 aliphatic carbocycles. The molecule has 0 spiro atoms. The zero-order valence-electron chi connectivity index (χ0n) is 6.68. The highest BCUT2D eigenvalue weighted by molar-refractivity contribution is 9.09. The van der Waals surface area contributed by atoms with Gasteiger partial charge in [0.2, 0.25) is 0 Å². The van der Waals surface area contributed by atoms with Crippen molar-refractivity contribution in [3.05, 3.63) is 0 Å². The van der Waals surface area contributed by atoms with Gasteiger partial charge in [0.15, 0.2) is 0 Å². The summed E-state index contributed by atoms with van der Waals surface area (Å²) in [5.41, 5.74) is 0. The largest absolute Gasteiger partial charge is 0.469 e. The van der Waals surface area contributed by atoms with E-state index in [1.165, 1.54) is 7.11 Å². The molecular formula is C8H13BrO2. The fraction of sp³-hybridized carbons (Fsp3) is 0.875. The first-order valence-electron chi connectivity index (χ1n) is 3.91. The van der Waals surface area contributed by atoms with E-state index in [-0.39, 0.29) is 11.9 Å². The minimum Gasteiger partial charge on any atom is -0.469 e. The third-order valence-electron chi connectivity index (χ3n) is 2.29. The molecule has 1 saturated carbocycles. The van der Waals surface area contributed by atoms with Crippen molar-refractivity contribution in [2.24, 2.45) is 11.8 Å². The number of ether oxygens (including phenoxy) is 1. The number of methoxy groups -OCH3 is 1. The molecule has 1 aliphatic rings.